The van der Waals surface area contributed by atoms with Gasteiger partial charge in [-0.05, 0) is 38.2 Å². The van der Waals surface area contributed by atoms with E-state index in [2.05, 4.69) is 38.7 Å². The van der Waals surface area contributed by atoms with Crippen LogP contribution in [0.25, 0.3) is 0 Å². The molecule has 148 valence electrons. The second-order valence-electron chi connectivity index (χ2n) is 6.62. The highest BCUT2D eigenvalue weighted by atomic mass is 35.5. The molecule has 1 atom stereocenters. The number of ketones is 1. The number of halogens is 1. The summed E-state index contributed by atoms with van der Waals surface area (Å²) in [7, 11) is 4.10. The van der Waals surface area contributed by atoms with Crippen molar-refractivity contribution in [2.75, 3.05) is 19.8 Å². The van der Waals surface area contributed by atoms with E-state index in [0.717, 1.165) is 17.4 Å². The Hall–Kier alpha value is -1.67. The number of carbonyl (C=O) groups is 1. The molecule has 0 amide bonds. The highest BCUT2D eigenvalue weighted by Gasteiger charge is 2.23. The maximum atomic E-state index is 12.5. The van der Waals surface area contributed by atoms with Crippen LogP contribution in [0.1, 0.15) is 40.4 Å². The summed E-state index contributed by atoms with van der Waals surface area (Å²) in [6.07, 6.45) is 0.928. The third-order valence-corrected chi connectivity index (χ3v) is 6.66. The van der Waals surface area contributed by atoms with E-state index < -0.39 is 0 Å². The topological polar surface area (TPSA) is 51.0 Å². The molecule has 0 aliphatic carbocycles. The lowest BCUT2D eigenvalue weighted by molar-refractivity contribution is 0.102. The molecular formula is C20H23ClN4OS2. The fraction of sp³-hybridized carbons (Fsp3) is 0.350. The monoisotopic (exact) mass is 434 g/mol. The van der Waals surface area contributed by atoms with Crippen LogP contribution in [0.4, 0.5) is 0 Å². The zero-order valence-corrected chi connectivity index (χ0v) is 18.5. The summed E-state index contributed by atoms with van der Waals surface area (Å²) in [6, 6.07) is 13.9. The fourth-order valence-electron chi connectivity index (χ4n) is 3.01. The number of hydrogen-bond acceptors (Lipinski definition) is 6. The van der Waals surface area contributed by atoms with Gasteiger partial charge in [0.25, 0.3) is 0 Å². The SMILES string of the molecule is CCC(c1nnc(SCC(=O)c2ccc(Cl)s2)n1Cc1ccccc1)N(C)C. The maximum absolute atomic E-state index is 12.5. The maximum Gasteiger partial charge on any atom is 0.192 e. The summed E-state index contributed by atoms with van der Waals surface area (Å²) in [4.78, 5) is 15.3. The van der Waals surface area contributed by atoms with E-state index in [1.165, 1.54) is 28.7 Å². The van der Waals surface area contributed by atoms with Crippen molar-refractivity contribution in [3.63, 3.8) is 0 Å². The zero-order chi connectivity index (χ0) is 20.1. The van der Waals surface area contributed by atoms with Crippen molar-refractivity contribution in [3.05, 3.63) is 63.1 Å². The molecule has 1 aromatic carbocycles. The highest BCUT2D eigenvalue weighted by molar-refractivity contribution is 7.99. The standard InChI is InChI=1S/C20H23ClN4OS2/c1-4-15(24(2)3)19-22-23-20(25(19)12-14-8-6-5-7-9-14)27-13-16(26)17-10-11-18(21)28-17/h5-11,15H,4,12-13H2,1-3H3. The minimum Gasteiger partial charge on any atom is -0.300 e. The molecule has 8 heteroatoms. The summed E-state index contributed by atoms with van der Waals surface area (Å²) < 4.78 is 2.75. The van der Waals surface area contributed by atoms with E-state index in [1.807, 2.05) is 32.3 Å². The van der Waals surface area contributed by atoms with Gasteiger partial charge in [-0.15, -0.1) is 21.5 Å². The van der Waals surface area contributed by atoms with Gasteiger partial charge in [-0.1, -0.05) is 60.6 Å². The van der Waals surface area contributed by atoms with Crippen LogP contribution >= 0.6 is 34.7 Å². The summed E-state index contributed by atoms with van der Waals surface area (Å²) in [5, 5.41) is 9.65. The first kappa shape index (κ1) is 21.0. The van der Waals surface area contributed by atoms with Crippen LogP contribution in [0, 0.1) is 0 Å². The molecule has 3 aromatic rings. The van der Waals surface area contributed by atoms with Gasteiger partial charge in [-0.3, -0.25) is 9.69 Å². The lowest BCUT2D eigenvalue weighted by Gasteiger charge is -2.23. The molecule has 2 heterocycles. The van der Waals surface area contributed by atoms with Gasteiger partial charge in [0.1, 0.15) is 0 Å². The van der Waals surface area contributed by atoms with Crippen LogP contribution in [0.15, 0.2) is 47.6 Å². The third kappa shape index (κ3) is 5.03. The zero-order valence-electron chi connectivity index (χ0n) is 16.1. The predicted octanol–water partition coefficient (Wildman–Crippen LogP) is 5.03. The van der Waals surface area contributed by atoms with Crippen molar-refractivity contribution in [2.45, 2.75) is 31.1 Å². The average Bonchev–Trinajstić information content (AvgIpc) is 3.28. The number of carbonyl (C=O) groups excluding carboxylic acids is 1. The Kier molecular flexibility index (Phi) is 7.29. The fourth-order valence-corrected chi connectivity index (χ4v) is 4.91. The van der Waals surface area contributed by atoms with Crippen molar-refractivity contribution >= 4 is 40.5 Å². The number of aromatic nitrogens is 3. The van der Waals surface area contributed by atoms with E-state index in [0.29, 0.717) is 21.5 Å². The Balaban J connectivity index is 1.85. The summed E-state index contributed by atoms with van der Waals surface area (Å²) >= 11 is 8.68. The molecule has 0 saturated heterocycles. The molecule has 1 unspecified atom stereocenters. The lowest BCUT2D eigenvalue weighted by Crippen LogP contribution is -2.23. The van der Waals surface area contributed by atoms with Crippen LogP contribution in [0.3, 0.4) is 0 Å². The Morgan fingerprint density at radius 3 is 2.57 bits per heavy atom. The van der Waals surface area contributed by atoms with Crippen molar-refractivity contribution in [2.24, 2.45) is 0 Å². The average molecular weight is 435 g/mol. The largest absolute Gasteiger partial charge is 0.300 e. The van der Waals surface area contributed by atoms with Gasteiger partial charge in [0.2, 0.25) is 0 Å². The van der Waals surface area contributed by atoms with Crippen molar-refractivity contribution in [1.29, 1.82) is 0 Å². The summed E-state index contributed by atoms with van der Waals surface area (Å²) in [5.41, 5.74) is 1.18. The molecule has 0 fully saturated rings. The molecule has 0 radical (unpaired) electrons. The Morgan fingerprint density at radius 2 is 1.96 bits per heavy atom. The second-order valence-corrected chi connectivity index (χ2v) is 9.27. The number of thioether (sulfide) groups is 1. The van der Waals surface area contributed by atoms with Crippen molar-refractivity contribution in [1.82, 2.24) is 19.7 Å². The van der Waals surface area contributed by atoms with Crippen molar-refractivity contribution < 1.29 is 4.79 Å². The molecule has 0 bridgehead atoms. The Labute approximate surface area is 178 Å². The second kappa shape index (κ2) is 9.69. The predicted molar refractivity (Wildman–Crippen MR) is 117 cm³/mol. The van der Waals surface area contributed by atoms with Gasteiger partial charge >= 0.3 is 0 Å². The van der Waals surface area contributed by atoms with Crippen molar-refractivity contribution in [3.8, 4) is 0 Å². The molecule has 0 spiro atoms. The van der Waals surface area contributed by atoms with E-state index in [-0.39, 0.29) is 11.8 Å². The number of benzene rings is 1. The molecule has 5 nitrogen and oxygen atoms in total. The first-order chi connectivity index (χ1) is 13.5. The molecule has 2 aromatic heterocycles. The van der Waals surface area contributed by atoms with Gasteiger partial charge in [0, 0.05) is 0 Å². The summed E-state index contributed by atoms with van der Waals surface area (Å²) in [5.74, 6) is 1.28. The van der Waals surface area contributed by atoms with Crippen LogP contribution < -0.4 is 0 Å². The molecule has 0 aliphatic heterocycles. The van der Waals surface area contributed by atoms with Crippen LogP contribution in [-0.2, 0) is 6.54 Å². The number of hydrogen-bond donors (Lipinski definition) is 0. The molecular weight excluding hydrogens is 412 g/mol. The van der Waals surface area contributed by atoms with Gasteiger partial charge < -0.3 is 4.57 Å². The van der Waals surface area contributed by atoms with E-state index in [9.17, 15) is 4.79 Å². The van der Waals surface area contributed by atoms with E-state index in [4.69, 9.17) is 11.6 Å². The minimum atomic E-state index is 0.0531. The Morgan fingerprint density at radius 1 is 1.21 bits per heavy atom. The summed E-state index contributed by atoms with van der Waals surface area (Å²) in [6.45, 7) is 2.82. The quantitative estimate of drug-likeness (QED) is 0.349. The van der Waals surface area contributed by atoms with Gasteiger partial charge in [-0.2, -0.15) is 0 Å². The number of rotatable bonds is 9. The first-order valence-corrected chi connectivity index (χ1v) is 11.2. The normalized spacial score (nSPS) is 12.5. The molecule has 0 saturated carbocycles. The Bertz CT molecular complexity index is 923. The van der Waals surface area contributed by atoms with Crippen LogP contribution in [0.2, 0.25) is 4.34 Å². The molecule has 0 N–H and O–H groups in total. The third-order valence-electron chi connectivity index (χ3n) is 4.42. The van der Waals surface area contributed by atoms with Gasteiger partial charge in [0.05, 0.1) is 27.6 Å². The number of thiophene rings is 1. The molecule has 0 aliphatic rings. The van der Waals surface area contributed by atoms with Gasteiger partial charge in [-0.25, -0.2) is 0 Å². The number of nitrogens with zero attached hydrogens (tertiary/aromatic N) is 4. The van der Waals surface area contributed by atoms with E-state index in [1.54, 1.807) is 12.1 Å². The highest BCUT2D eigenvalue weighted by Crippen LogP contribution is 2.28. The van der Waals surface area contributed by atoms with Crippen LogP contribution in [0.5, 0.6) is 0 Å². The van der Waals surface area contributed by atoms with Gasteiger partial charge in [0.15, 0.2) is 16.8 Å². The number of Topliss-reactive ketones (excluding diaryl/α,β-unsaturated/α-hetero) is 1. The van der Waals surface area contributed by atoms with Crippen LogP contribution in [-0.4, -0.2) is 45.3 Å². The molecule has 28 heavy (non-hydrogen) atoms. The van der Waals surface area contributed by atoms with E-state index >= 15 is 0 Å². The minimum absolute atomic E-state index is 0.0531. The first-order valence-electron chi connectivity index (χ1n) is 9.04. The lowest BCUT2D eigenvalue weighted by atomic mass is 10.2. The smallest absolute Gasteiger partial charge is 0.192 e. The molecule has 3 rings (SSSR count).